The van der Waals surface area contributed by atoms with E-state index < -0.39 is 23.6 Å². The van der Waals surface area contributed by atoms with Gasteiger partial charge in [-0.15, -0.1) is 11.3 Å². The third kappa shape index (κ3) is 4.74. The highest BCUT2D eigenvalue weighted by atomic mass is 32.1. The summed E-state index contributed by atoms with van der Waals surface area (Å²) in [5.74, 6) is -0.524. The normalized spacial score (nSPS) is 20.0. The van der Waals surface area contributed by atoms with Crippen LogP contribution in [-0.4, -0.2) is 51.5 Å². The number of carbonyl (C=O) groups excluding carboxylic acids is 1. The Labute approximate surface area is 214 Å². The third-order valence-corrected chi connectivity index (χ3v) is 8.02. The molecule has 5 heterocycles. The number of aromatic nitrogens is 3. The quantitative estimate of drug-likeness (QED) is 0.462. The van der Waals surface area contributed by atoms with Crippen molar-refractivity contribution in [3.05, 3.63) is 52.0 Å². The molecule has 1 N–H and O–H groups in total. The lowest BCUT2D eigenvalue weighted by atomic mass is 9.86. The lowest BCUT2D eigenvalue weighted by Crippen LogP contribution is -2.46. The molecule has 0 radical (unpaired) electrons. The summed E-state index contributed by atoms with van der Waals surface area (Å²) in [4.78, 5) is 27.3. The first-order valence-electron chi connectivity index (χ1n) is 11.8. The van der Waals surface area contributed by atoms with E-state index in [0.29, 0.717) is 43.0 Å². The molecule has 7 nitrogen and oxygen atoms in total. The van der Waals surface area contributed by atoms with Crippen molar-refractivity contribution >= 4 is 23.1 Å². The Bertz CT molecular complexity index is 1360. The summed E-state index contributed by atoms with van der Waals surface area (Å²) in [6.45, 7) is 4.38. The summed E-state index contributed by atoms with van der Waals surface area (Å²) in [6, 6.07) is 3.30. The Hall–Kier alpha value is -3.28. The van der Waals surface area contributed by atoms with Gasteiger partial charge >= 0.3 is 6.18 Å². The average molecular weight is 536 g/mol. The summed E-state index contributed by atoms with van der Waals surface area (Å²) in [6.07, 6.45) is -1.34. The van der Waals surface area contributed by atoms with Gasteiger partial charge in [0.25, 0.3) is 0 Å². The highest BCUT2D eigenvalue weighted by molar-refractivity contribution is 7.13. The molecule has 0 aromatic carbocycles. The lowest BCUT2D eigenvalue weighted by molar-refractivity contribution is -0.140. The summed E-state index contributed by atoms with van der Waals surface area (Å²) >= 11 is 0.947. The molecule has 0 bridgehead atoms. The van der Waals surface area contributed by atoms with Crippen LogP contribution in [0.15, 0.2) is 23.7 Å². The number of likely N-dealkylation sites (tertiary alicyclic amines) is 1. The van der Waals surface area contributed by atoms with Gasteiger partial charge in [0.05, 0.1) is 24.8 Å². The van der Waals surface area contributed by atoms with Crippen molar-refractivity contribution in [2.75, 3.05) is 25.5 Å². The second-order valence-corrected chi connectivity index (χ2v) is 10.4. The molecule has 1 spiro atoms. The number of alkyl halides is 3. The van der Waals surface area contributed by atoms with E-state index in [1.54, 1.807) is 18.7 Å². The molecule has 196 valence electrons. The maximum atomic E-state index is 14.4. The summed E-state index contributed by atoms with van der Waals surface area (Å²) < 4.78 is 58.5. The largest absolute Gasteiger partial charge is 0.481 e. The van der Waals surface area contributed by atoms with Crippen molar-refractivity contribution in [1.82, 2.24) is 19.9 Å². The lowest BCUT2D eigenvalue weighted by Gasteiger charge is -2.36. The third-order valence-electron chi connectivity index (χ3n) is 7.14. The minimum atomic E-state index is -4.49. The van der Waals surface area contributed by atoms with Crippen molar-refractivity contribution in [3.8, 4) is 16.5 Å². The van der Waals surface area contributed by atoms with Crippen LogP contribution in [0.25, 0.3) is 10.6 Å². The van der Waals surface area contributed by atoms with Gasteiger partial charge in [0, 0.05) is 41.4 Å². The zero-order chi connectivity index (χ0) is 26.5. The van der Waals surface area contributed by atoms with E-state index in [4.69, 9.17) is 4.74 Å². The maximum absolute atomic E-state index is 14.4. The topological polar surface area (TPSA) is 80.2 Å². The molecule has 2 aliphatic rings. The summed E-state index contributed by atoms with van der Waals surface area (Å²) in [5.41, 5.74) is 1.02. The molecule has 2 aliphatic heterocycles. The van der Waals surface area contributed by atoms with E-state index in [9.17, 15) is 22.4 Å². The number of pyridine rings is 2. The number of methoxy groups -OCH3 is 1. The minimum absolute atomic E-state index is 0.180. The molecule has 1 fully saturated rings. The first-order valence-corrected chi connectivity index (χ1v) is 12.7. The number of amides is 1. The van der Waals surface area contributed by atoms with E-state index in [2.05, 4.69) is 20.3 Å². The number of thiazole rings is 1. The van der Waals surface area contributed by atoms with Gasteiger partial charge in [-0.05, 0) is 44.7 Å². The van der Waals surface area contributed by atoms with Gasteiger partial charge in [-0.25, -0.2) is 19.3 Å². The number of ether oxygens (including phenoxy) is 1. The maximum Gasteiger partial charge on any atom is 0.434 e. The van der Waals surface area contributed by atoms with Gasteiger partial charge in [-0.2, -0.15) is 13.2 Å². The number of fused-ring (bicyclic) bond motifs is 1. The van der Waals surface area contributed by atoms with Crippen LogP contribution >= 0.6 is 11.3 Å². The molecule has 5 rings (SSSR count). The van der Waals surface area contributed by atoms with Crippen LogP contribution in [0.2, 0.25) is 0 Å². The van der Waals surface area contributed by atoms with Gasteiger partial charge in [-0.1, -0.05) is 0 Å². The molecule has 12 heteroatoms. The van der Waals surface area contributed by atoms with Crippen LogP contribution in [0.1, 0.15) is 48.2 Å². The van der Waals surface area contributed by atoms with Crippen molar-refractivity contribution in [3.63, 3.8) is 0 Å². The zero-order valence-electron chi connectivity index (χ0n) is 20.4. The van der Waals surface area contributed by atoms with Gasteiger partial charge in [0.1, 0.15) is 16.6 Å². The van der Waals surface area contributed by atoms with E-state index in [0.717, 1.165) is 34.9 Å². The monoisotopic (exact) mass is 535 g/mol. The van der Waals surface area contributed by atoms with Crippen molar-refractivity contribution in [2.24, 2.45) is 0 Å². The van der Waals surface area contributed by atoms with Gasteiger partial charge < -0.3 is 15.0 Å². The van der Waals surface area contributed by atoms with E-state index in [1.807, 2.05) is 6.07 Å². The Morgan fingerprint density at radius 2 is 2.05 bits per heavy atom. The van der Waals surface area contributed by atoms with Crippen molar-refractivity contribution < 1.29 is 27.1 Å². The summed E-state index contributed by atoms with van der Waals surface area (Å²) in [5, 5.41) is 4.81. The summed E-state index contributed by atoms with van der Waals surface area (Å²) in [7, 11) is 1.43. The zero-order valence-corrected chi connectivity index (χ0v) is 21.3. The van der Waals surface area contributed by atoms with Crippen LogP contribution in [0.3, 0.4) is 0 Å². The smallest absolute Gasteiger partial charge is 0.434 e. The molecule has 1 amide bonds. The molecular formula is C25H25F4N5O2S. The Balaban J connectivity index is 1.33. The van der Waals surface area contributed by atoms with Crippen molar-refractivity contribution in [2.45, 2.75) is 50.7 Å². The number of carbonyl (C=O) groups is 1. The van der Waals surface area contributed by atoms with E-state index in [1.165, 1.54) is 13.2 Å². The fourth-order valence-corrected chi connectivity index (χ4v) is 5.92. The number of aryl methyl sites for hydroxylation is 2. The Morgan fingerprint density at radius 1 is 1.27 bits per heavy atom. The molecule has 1 saturated heterocycles. The fourth-order valence-electron chi connectivity index (χ4n) is 5.03. The van der Waals surface area contributed by atoms with Crippen LogP contribution in [0, 0.1) is 12.7 Å². The van der Waals surface area contributed by atoms with Gasteiger partial charge in [-0.3, -0.25) is 4.79 Å². The second-order valence-electron chi connectivity index (χ2n) is 9.55. The number of rotatable bonds is 4. The molecule has 0 aliphatic carbocycles. The fraction of sp³-hybridized carbons (Fsp3) is 0.440. The number of nitrogens with zero attached hydrogens (tertiary/aromatic N) is 4. The van der Waals surface area contributed by atoms with E-state index >= 15 is 0 Å². The highest BCUT2D eigenvalue weighted by Crippen LogP contribution is 2.40. The highest BCUT2D eigenvalue weighted by Gasteiger charge is 2.43. The molecule has 2 atom stereocenters. The SMILES string of the molecule is COc1cc([C@@H](C)C(=O)N2CC[C@@]3(CCc4cc(-c5nc(C(F)(F)F)cs5)c(C)nc4N3)C2)c(F)cn1. The second kappa shape index (κ2) is 9.23. The van der Waals surface area contributed by atoms with E-state index in [-0.39, 0.29) is 27.9 Å². The number of hydrogen-bond donors (Lipinski definition) is 1. The molecular weight excluding hydrogens is 510 g/mol. The first-order chi connectivity index (χ1) is 17.5. The predicted molar refractivity (Wildman–Crippen MR) is 130 cm³/mol. The predicted octanol–water partition coefficient (Wildman–Crippen LogP) is 5.21. The molecule has 0 saturated carbocycles. The molecule has 3 aromatic rings. The average Bonchev–Trinajstić information content (AvgIpc) is 3.51. The number of anilines is 1. The number of halogens is 4. The van der Waals surface area contributed by atoms with Crippen LogP contribution < -0.4 is 10.1 Å². The number of hydrogen-bond acceptors (Lipinski definition) is 7. The van der Waals surface area contributed by atoms with Gasteiger partial charge in [0.15, 0.2) is 5.69 Å². The Kier molecular flexibility index (Phi) is 6.33. The van der Waals surface area contributed by atoms with Crippen molar-refractivity contribution in [1.29, 1.82) is 0 Å². The molecule has 37 heavy (non-hydrogen) atoms. The first kappa shape index (κ1) is 25.4. The van der Waals surface area contributed by atoms with Crippen LogP contribution in [0.5, 0.6) is 5.88 Å². The molecule has 3 aromatic heterocycles. The minimum Gasteiger partial charge on any atom is -0.481 e. The van der Waals surface area contributed by atoms with Crippen LogP contribution in [0.4, 0.5) is 23.4 Å². The Morgan fingerprint density at radius 3 is 2.76 bits per heavy atom. The van der Waals surface area contributed by atoms with Crippen LogP contribution in [-0.2, 0) is 17.4 Å². The standard InChI is InChI=1S/C25H25F4N5O2S/c1-13(16-9-20(36-3)30-10-18(16)26)23(35)34-7-6-24(12-34)5-4-15-8-17(14(2)31-21(15)33-24)22-32-19(11-37-22)25(27,28)29/h8-11,13H,4-7,12H2,1-3H3,(H,31,33)/t13-,24+/m1/s1. The molecule has 0 unspecified atom stereocenters. The number of nitrogens with one attached hydrogen (secondary N) is 1. The van der Waals surface area contributed by atoms with Gasteiger partial charge in [0.2, 0.25) is 11.8 Å².